The number of hydrogen-bond donors (Lipinski definition) is 2. The van der Waals surface area contributed by atoms with Crippen LogP contribution in [0.3, 0.4) is 0 Å². The highest BCUT2D eigenvalue weighted by Crippen LogP contribution is 2.15. The van der Waals surface area contributed by atoms with E-state index in [0.29, 0.717) is 19.5 Å². The Labute approximate surface area is 179 Å². The fourth-order valence-corrected chi connectivity index (χ4v) is 3.13. The Hall–Kier alpha value is -2.51. The van der Waals surface area contributed by atoms with Gasteiger partial charge in [0, 0.05) is 6.54 Å². The first kappa shape index (κ1) is 22.2. The molecule has 1 heterocycles. The van der Waals surface area contributed by atoms with E-state index in [0.717, 1.165) is 48.5 Å². The molecule has 0 aromatic heterocycles. The number of hydrogen-bond acceptors (Lipinski definition) is 5. The number of carbonyl (C=O) groups excluding carboxylic acids is 1. The highest BCUT2D eigenvalue weighted by atomic mass is 16.5. The maximum atomic E-state index is 12.8. The van der Waals surface area contributed by atoms with Gasteiger partial charge in [-0.1, -0.05) is 37.6 Å². The number of nitrogens with one attached hydrogen (secondary N) is 2. The normalized spacial score (nSPS) is 13.6. The monoisotopic (exact) mass is 410 g/mol. The number of ether oxygens (including phenoxy) is 2. The zero-order valence-electron chi connectivity index (χ0n) is 17.9. The van der Waals surface area contributed by atoms with Crippen molar-refractivity contribution in [2.75, 3.05) is 26.8 Å². The van der Waals surface area contributed by atoms with E-state index in [2.05, 4.69) is 17.5 Å². The van der Waals surface area contributed by atoms with E-state index in [9.17, 15) is 4.79 Å². The van der Waals surface area contributed by atoms with Gasteiger partial charge in [-0.15, -0.1) is 0 Å². The Bertz CT molecular complexity index is 779. The molecule has 30 heavy (non-hydrogen) atoms. The van der Waals surface area contributed by atoms with E-state index in [4.69, 9.17) is 14.1 Å². The lowest BCUT2D eigenvalue weighted by Crippen LogP contribution is -2.48. The SMILES string of the molecule is CCCCOc1ccc(C[C@H](NB2CO2)C(=O)NCCc2ccc(OC)cc2)cc1. The third-order valence-electron chi connectivity index (χ3n) is 5.04. The standard InChI is InChI=1S/C23H31BN2O4/c1-3-4-15-29-21-11-7-19(8-12-21)16-22(26-24-17-30-24)23(27)25-14-13-18-5-9-20(28-2)10-6-18/h5-12,22,26H,3-4,13-17H2,1-2H3,(H,25,27)/t22-/m0/s1. The van der Waals surface area contributed by atoms with Crippen LogP contribution in [0.1, 0.15) is 30.9 Å². The molecule has 0 bridgehead atoms. The Balaban J connectivity index is 1.49. The molecule has 2 aromatic carbocycles. The molecule has 0 unspecified atom stereocenters. The van der Waals surface area contributed by atoms with Crippen LogP contribution in [0, 0.1) is 0 Å². The summed E-state index contributed by atoms with van der Waals surface area (Å²) in [6.45, 7) is 4.11. The number of methoxy groups -OCH3 is 1. The molecule has 0 aliphatic carbocycles. The largest absolute Gasteiger partial charge is 0.497 e. The number of unbranched alkanes of at least 4 members (excludes halogenated alkanes) is 1. The summed E-state index contributed by atoms with van der Waals surface area (Å²) >= 11 is 0. The molecular formula is C23H31BN2O4. The Morgan fingerprint density at radius 3 is 2.40 bits per heavy atom. The van der Waals surface area contributed by atoms with Crippen molar-refractivity contribution in [3.8, 4) is 11.5 Å². The van der Waals surface area contributed by atoms with Crippen LogP contribution >= 0.6 is 0 Å². The minimum atomic E-state index is -0.333. The maximum Gasteiger partial charge on any atom is 0.405 e. The second-order valence-electron chi connectivity index (χ2n) is 7.48. The quantitative estimate of drug-likeness (QED) is 0.302. The lowest BCUT2D eigenvalue weighted by Gasteiger charge is -2.17. The van der Waals surface area contributed by atoms with Crippen LogP contribution in [0.2, 0.25) is 0 Å². The van der Waals surface area contributed by atoms with Gasteiger partial charge in [-0.05, 0) is 54.7 Å². The van der Waals surface area contributed by atoms with Gasteiger partial charge in [-0.2, -0.15) is 0 Å². The van der Waals surface area contributed by atoms with Gasteiger partial charge in [0.2, 0.25) is 5.91 Å². The fraction of sp³-hybridized carbons (Fsp3) is 0.435. The predicted octanol–water partition coefficient (Wildman–Crippen LogP) is 2.79. The molecule has 1 aliphatic heterocycles. The molecule has 0 spiro atoms. The molecule has 1 atom stereocenters. The first-order valence-electron chi connectivity index (χ1n) is 10.7. The van der Waals surface area contributed by atoms with Gasteiger partial charge in [0.15, 0.2) is 0 Å². The third-order valence-corrected chi connectivity index (χ3v) is 5.04. The Morgan fingerprint density at radius 1 is 1.10 bits per heavy atom. The molecule has 0 saturated carbocycles. The molecule has 2 N–H and O–H groups in total. The summed E-state index contributed by atoms with van der Waals surface area (Å²) in [7, 11) is 1.62. The van der Waals surface area contributed by atoms with Crippen molar-refractivity contribution in [1.29, 1.82) is 0 Å². The molecule has 1 saturated heterocycles. The lowest BCUT2D eigenvalue weighted by atomic mass is 9.92. The first-order valence-corrected chi connectivity index (χ1v) is 10.7. The van der Waals surface area contributed by atoms with E-state index in [-0.39, 0.29) is 19.0 Å². The summed E-state index contributed by atoms with van der Waals surface area (Å²) in [5, 5.41) is 6.32. The van der Waals surface area contributed by atoms with E-state index >= 15 is 0 Å². The molecule has 160 valence electrons. The summed E-state index contributed by atoms with van der Waals surface area (Å²) in [5.41, 5.74) is 2.24. The van der Waals surface area contributed by atoms with Gasteiger partial charge < -0.3 is 24.7 Å². The van der Waals surface area contributed by atoms with Gasteiger partial charge in [0.1, 0.15) is 11.5 Å². The van der Waals surface area contributed by atoms with Crippen molar-refractivity contribution in [2.24, 2.45) is 0 Å². The Kier molecular flexibility index (Phi) is 8.59. The van der Waals surface area contributed by atoms with Crippen LogP contribution in [0.4, 0.5) is 0 Å². The van der Waals surface area contributed by atoms with Crippen molar-refractivity contribution in [2.45, 2.75) is 38.6 Å². The first-order chi connectivity index (χ1) is 14.7. The number of rotatable bonds is 13. The summed E-state index contributed by atoms with van der Waals surface area (Å²) in [6.07, 6.45) is 3.53. The van der Waals surface area contributed by atoms with Crippen molar-refractivity contribution in [3.63, 3.8) is 0 Å². The number of amides is 1. The van der Waals surface area contributed by atoms with Crippen LogP contribution in [0.25, 0.3) is 0 Å². The predicted molar refractivity (Wildman–Crippen MR) is 119 cm³/mol. The second-order valence-corrected chi connectivity index (χ2v) is 7.48. The topological polar surface area (TPSA) is 72.1 Å². The van der Waals surface area contributed by atoms with Gasteiger partial charge >= 0.3 is 7.05 Å². The third kappa shape index (κ3) is 7.39. The summed E-state index contributed by atoms with van der Waals surface area (Å²) < 4.78 is 16.2. The molecule has 1 fully saturated rings. The minimum Gasteiger partial charge on any atom is -0.497 e. The average molecular weight is 410 g/mol. The van der Waals surface area contributed by atoms with Crippen molar-refractivity contribution < 1.29 is 18.9 Å². The average Bonchev–Trinajstić information content (AvgIpc) is 3.59. The molecule has 3 rings (SSSR count). The van der Waals surface area contributed by atoms with E-state index in [1.807, 2.05) is 48.5 Å². The van der Waals surface area contributed by atoms with Crippen LogP contribution in [0.5, 0.6) is 11.5 Å². The second kappa shape index (κ2) is 11.6. The molecule has 6 nitrogen and oxygen atoms in total. The smallest absolute Gasteiger partial charge is 0.405 e. The van der Waals surface area contributed by atoms with Crippen LogP contribution in [0.15, 0.2) is 48.5 Å². The van der Waals surface area contributed by atoms with Gasteiger partial charge in [-0.3, -0.25) is 4.79 Å². The van der Waals surface area contributed by atoms with Crippen LogP contribution in [-0.4, -0.2) is 45.8 Å². The molecule has 1 amide bonds. The molecule has 2 aromatic rings. The van der Waals surface area contributed by atoms with Gasteiger partial charge in [-0.25, -0.2) is 0 Å². The highest BCUT2D eigenvalue weighted by Gasteiger charge is 2.35. The molecule has 0 radical (unpaired) electrons. The minimum absolute atomic E-state index is 0.0118. The van der Waals surface area contributed by atoms with Crippen molar-refractivity contribution in [3.05, 3.63) is 59.7 Å². The molecule has 7 heteroatoms. The van der Waals surface area contributed by atoms with Gasteiger partial charge in [0.05, 0.1) is 26.3 Å². The Morgan fingerprint density at radius 2 is 1.77 bits per heavy atom. The maximum absolute atomic E-state index is 12.8. The van der Waals surface area contributed by atoms with E-state index in [1.165, 1.54) is 0 Å². The molecule has 1 aliphatic rings. The zero-order chi connectivity index (χ0) is 21.2. The van der Waals surface area contributed by atoms with Gasteiger partial charge in [0.25, 0.3) is 0 Å². The van der Waals surface area contributed by atoms with E-state index < -0.39 is 0 Å². The number of benzene rings is 2. The lowest BCUT2D eigenvalue weighted by molar-refractivity contribution is -0.122. The highest BCUT2D eigenvalue weighted by molar-refractivity contribution is 6.57. The van der Waals surface area contributed by atoms with E-state index in [1.54, 1.807) is 7.11 Å². The fourth-order valence-electron chi connectivity index (χ4n) is 3.13. The summed E-state index contributed by atoms with van der Waals surface area (Å²) in [6, 6.07) is 15.5. The van der Waals surface area contributed by atoms with Crippen LogP contribution in [-0.2, 0) is 22.3 Å². The number of carbonyl (C=O) groups is 1. The van der Waals surface area contributed by atoms with Crippen molar-refractivity contribution >= 4 is 13.0 Å². The molecular weight excluding hydrogens is 379 g/mol. The van der Waals surface area contributed by atoms with Crippen molar-refractivity contribution in [1.82, 2.24) is 10.5 Å². The summed E-state index contributed by atoms with van der Waals surface area (Å²) in [5.74, 6) is 1.69. The van der Waals surface area contributed by atoms with Crippen LogP contribution < -0.4 is 20.0 Å². The summed E-state index contributed by atoms with van der Waals surface area (Å²) in [4.78, 5) is 12.8. The zero-order valence-corrected chi connectivity index (χ0v) is 17.9.